The maximum Gasteiger partial charge on any atom is 0.337 e. The molecule has 2 N–H and O–H groups in total. The highest BCUT2D eigenvalue weighted by atomic mass is 16.5. The van der Waals surface area contributed by atoms with E-state index >= 15 is 0 Å². The third-order valence-electron chi connectivity index (χ3n) is 7.84. The second-order valence-corrected chi connectivity index (χ2v) is 11.6. The normalized spacial score (nSPS) is 17.5. The Balaban J connectivity index is 1.44. The van der Waals surface area contributed by atoms with Crippen molar-refractivity contribution in [3.8, 4) is 0 Å². The molecule has 2 heterocycles. The van der Waals surface area contributed by atoms with Crippen molar-refractivity contribution in [2.45, 2.75) is 32.7 Å². The van der Waals surface area contributed by atoms with Crippen LogP contribution >= 0.6 is 0 Å². The number of ether oxygens (including phenoxy) is 1. The highest BCUT2D eigenvalue weighted by Crippen LogP contribution is 2.48. The van der Waals surface area contributed by atoms with E-state index in [0.29, 0.717) is 29.7 Å². The zero-order chi connectivity index (χ0) is 29.4. The van der Waals surface area contributed by atoms with Gasteiger partial charge in [0.15, 0.2) is 5.78 Å². The van der Waals surface area contributed by atoms with Crippen molar-refractivity contribution in [1.82, 2.24) is 4.98 Å². The summed E-state index contributed by atoms with van der Waals surface area (Å²) in [6.45, 7) is 4.16. The Morgan fingerprint density at radius 3 is 2.55 bits per heavy atom. The number of pyridine rings is 1. The Bertz CT molecular complexity index is 1740. The van der Waals surface area contributed by atoms with E-state index < -0.39 is 12.0 Å². The molecular formula is C34H32N4O4. The number of anilines is 3. The van der Waals surface area contributed by atoms with Crippen molar-refractivity contribution >= 4 is 45.6 Å². The molecule has 0 saturated carbocycles. The minimum atomic E-state index is -0.563. The number of fused-ring (bicyclic) bond motifs is 2. The zero-order valence-electron chi connectivity index (χ0n) is 23.8. The van der Waals surface area contributed by atoms with Gasteiger partial charge in [0.25, 0.3) is 0 Å². The number of hydrogen-bond acceptors (Lipinski definition) is 7. The summed E-state index contributed by atoms with van der Waals surface area (Å²) < 4.78 is 4.89. The Kier molecular flexibility index (Phi) is 6.98. The van der Waals surface area contributed by atoms with Gasteiger partial charge < -0.3 is 20.3 Å². The Morgan fingerprint density at radius 2 is 1.76 bits per heavy atom. The molecule has 8 nitrogen and oxygen atoms in total. The summed E-state index contributed by atoms with van der Waals surface area (Å²) in [5.41, 5.74) is 5.53. The number of esters is 1. The summed E-state index contributed by atoms with van der Waals surface area (Å²) in [4.78, 5) is 46.2. The molecule has 1 amide bonds. The van der Waals surface area contributed by atoms with Gasteiger partial charge in [0.2, 0.25) is 5.91 Å². The quantitative estimate of drug-likeness (QED) is 0.277. The highest BCUT2D eigenvalue weighted by Gasteiger charge is 2.42. The molecule has 0 fully saturated rings. The molecule has 4 aromatic rings. The summed E-state index contributed by atoms with van der Waals surface area (Å²) in [7, 11) is 1.34. The van der Waals surface area contributed by atoms with Crippen molar-refractivity contribution in [2.75, 3.05) is 29.2 Å². The van der Waals surface area contributed by atoms with Crippen molar-refractivity contribution in [1.29, 1.82) is 0 Å². The topological polar surface area (TPSA) is 101 Å². The first-order valence-electron chi connectivity index (χ1n) is 13.9. The lowest BCUT2D eigenvalue weighted by atomic mass is 9.73. The molecule has 1 aliphatic carbocycles. The van der Waals surface area contributed by atoms with Gasteiger partial charge in [-0.3, -0.25) is 14.6 Å². The second kappa shape index (κ2) is 10.8. The second-order valence-electron chi connectivity index (χ2n) is 11.6. The molecule has 8 heteroatoms. The average Bonchev–Trinajstić information content (AvgIpc) is 3.10. The number of Topliss-reactive ketones (excluding diaryl/α,β-unsaturated/α-hetero) is 1. The van der Waals surface area contributed by atoms with E-state index in [9.17, 15) is 14.4 Å². The molecule has 6 rings (SSSR count). The molecule has 42 heavy (non-hydrogen) atoms. The molecule has 0 bridgehead atoms. The first-order chi connectivity index (χ1) is 20.2. The van der Waals surface area contributed by atoms with Gasteiger partial charge in [0.1, 0.15) is 0 Å². The van der Waals surface area contributed by atoms with Gasteiger partial charge in [-0.15, -0.1) is 0 Å². The molecular weight excluding hydrogens is 528 g/mol. The van der Waals surface area contributed by atoms with Crippen molar-refractivity contribution < 1.29 is 19.1 Å². The molecule has 0 saturated heterocycles. The molecule has 212 valence electrons. The number of aromatic nitrogens is 1. The zero-order valence-corrected chi connectivity index (χ0v) is 23.8. The van der Waals surface area contributed by atoms with E-state index in [1.165, 1.54) is 7.11 Å². The van der Waals surface area contributed by atoms with Crippen LogP contribution in [0.2, 0.25) is 0 Å². The van der Waals surface area contributed by atoms with Crippen molar-refractivity contribution in [3.05, 3.63) is 107 Å². The van der Waals surface area contributed by atoms with Gasteiger partial charge in [-0.2, -0.15) is 0 Å². The number of benzene rings is 3. The number of nitrogens with one attached hydrogen (secondary N) is 2. The smallest absolute Gasteiger partial charge is 0.337 e. The number of rotatable bonds is 5. The van der Waals surface area contributed by atoms with Gasteiger partial charge in [-0.05, 0) is 53.8 Å². The molecule has 1 atom stereocenters. The minimum absolute atomic E-state index is 0.0254. The van der Waals surface area contributed by atoms with Gasteiger partial charge in [0, 0.05) is 23.1 Å². The van der Waals surface area contributed by atoms with Crippen LogP contribution in [0.15, 0.2) is 96.3 Å². The summed E-state index contributed by atoms with van der Waals surface area (Å²) in [6, 6.07) is 23.9. The number of methoxy groups -OCH3 is 1. The van der Waals surface area contributed by atoms with E-state index in [4.69, 9.17) is 4.74 Å². The Labute approximate surface area is 244 Å². The molecule has 1 aliphatic heterocycles. The largest absolute Gasteiger partial charge is 0.465 e. The van der Waals surface area contributed by atoms with Crippen LogP contribution in [0.25, 0.3) is 10.9 Å². The molecule has 2 aliphatic rings. The summed E-state index contributed by atoms with van der Waals surface area (Å²) in [6.07, 6.45) is 2.72. The SMILES string of the molecule is COC(=O)c1ccc(C2C3=C(CC(C)(C)CC3=O)Nc3ccccc3N2CC(=O)Nc2cnc3ccccc3c2)cc1. The Morgan fingerprint density at radius 1 is 1.02 bits per heavy atom. The van der Waals surface area contributed by atoms with Crippen LogP contribution in [0.3, 0.4) is 0 Å². The van der Waals surface area contributed by atoms with Crippen LogP contribution in [0.4, 0.5) is 17.1 Å². The van der Waals surface area contributed by atoms with E-state index in [0.717, 1.165) is 33.5 Å². The van der Waals surface area contributed by atoms with Crippen LogP contribution in [0.1, 0.15) is 48.7 Å². The molecule has 0 spiro atoms. The van der Waals surface area contributed by atoms with E-state index in [2.05, 4.69) is 29.5 Å². The number of carbonyl (C=O) groups is 3. The van der Waals surface area contributed by atoms with Crippen molar-refractivity contribution in [3.63, 3.8) is 0 Å². The third-order valence-corrected chi connectivity index (χ3v) is 7.84. The monoisotopic (exact) mass is 560 g/mol. The minimum Gasteiger partial charge on any atom is -0.465 e. The number of nitrogens with zero attached hydrogens (tertiary/aromatic N) is 2. The predicted octanol–water partition coefficient (Wildman–Crippen LogP) is 6.28. The van der Waals surface area contributed by atoms with Crippen LogP contribution in [0, 0.1) is 5.41 Å². The summed E-state index contributed by atoms with van der Waals surface area (Å²) >= 11 is 0. The summed E-state index contributed by atoms with van der Waals surface area (Å²) in [5.74, 6) is -0.650. The maximum atomic E-state index is 13.9. The van der Waals surface area contributed by atoms with Crippen LogP contribution < -0.4 is 15.5 Å². The maximum absolute atomic E-state index is 13.9. The Hall–Kier alpha value is -4.98. The highest BCUT2D eigenvalue weighted by molar-refractivity contribution is 6.03. The van der Waals surface area contributed by atoms with E-state index in [1.54, 1.807) is 18.3 Å². The van der Waals surface area contributed by atoms with E-state index in [1.807, 2.05) is 71.6 Å². The lowest BCUT2D eigenvalue weighted by Gasteiger charge is -2.38. The average molecular weight is 561 g/mol. The lowest BCUT2D eigenvalue weighted by molar-refractivity contribution is -0.119. The fourth-order valence-corrected chi connectivity index (χ4v) is 5.99. The van der Waals surface area contributed by atoms with Gasteiger partial charge in [-0.25, -0.2) is 4.79 Å². The number of ketones is 1. The number of amides is 1. The lowest BCUT2D eigenvalue weighted by Crippen LogP contribution is -2.40. The van der Waals surface area contributed by atoms with Gasteiger partial charge in [-0.1, -0.05) is 56.3 Å². The molecule has 1 unspecified atom stereocenters. The standard InChI is InChI=1S/C34H32N4O4/c1-34(2)17-27-31(29(39)18-34)32(21-12-14-22(15-13-21)33(41)42-3)38(28-11-7-6-10-26(28)37-27)20-30(40)36-24-16-23-8-4-5-9-25(23)35-19-24/h4-16,19,32,37H,17-18,20H2,1-3H3,(H,36,40). The van der Waals surface area contributed by atoms with Crippen LogP contribution in [-0.2, 0) is 14.3 Å². The first kappa shape index (κ1) is 27.2. The number of hydrogen-bond donors (Lipinski definition) is 2. The fraction of sp³-hybridized carbons (Fsp3) is 0.235. The predicted molar refractivity (Wildman–Crippen MR) is 163 cm³/mol. The molecule has 0 radical (unpaired) electrons. The number of carbonyl (C=O) groups excluding carboxylic acids is 3. The van der Waals surface area contributed by atoms with Crippen LogP contribution in [-0.4, -0.2) is 36.3 Å². The third kappa shape index (κ3) is 5.23. The summed E-state index contributed by atoms with van der Waals surface area (Å²) in [5, 5.41) is 7.49. The number of para-hydroxylation sites is 3. The first-order valence-corrected chi connectivity index (χ1v) is 13.9. The van der Waals surface area contributed by atoms with E-state index in [-0.39, 0.29) is 23.7 Å². The van der Waals surface area contributed by atoms with Gasteiger partial charge >= 0.3 is 5.97 Å². The molecule has 1 aromatic heterocycles. The number of allylic oxidation sites excluding steroid dienone is 1. The molecule has 3 aromatic carbocycles. The van der Waals surface area contributed by atoms with Crippen LogP contribution in [0.5, 0.6) is 0 Å². The van der Waals surface area contributed by atoms with Gasteiger partial charge in [0.05, 0.1) is 54.0 Å². The van der Waals surface area contributed by atoms with Crippen molar-refractivity contribution in [2.24, 2.45) is 5.41 Å². The fourth-order valence-electron chi connectivity index (χ4n) is 5.99.